The summed E-state index contributed by atoms with van der Waals surface area (Å²) in [5.74, 6) is -0.103. The van der Waals surface area contributed by atoms with Crippen LogP contribution in [0.3, 0.4) is 0 Å². The fourth-order valence-corrected chi connectivity index (χ4v) is 3.52. The fraction of sp³-hybridized carbons (Fsp3) is 0.364. The molecule has 2 aromatic rings. The van der Waals surface area contributed by atoms with Crippen LogP contribution in [0.5, 0.6) is 0 Å². The molecule has 0 fully saturated rings. The molecule has 6 heteroatoms. The maximum absolute atomic E-state index is 12.8. The predicted molar refractivity (Wildman–Crippen MR) is 114 cm³/mol. The Bertz CT molecular complexity index is 931. The van der Waals surface area contributed by atoms with Gasteiger partial charge in [0.05, 0.1) is 28.4 Å². The molecule has 0 N–H and O–H groups in total. The minimum Gasteiger partial charge on any atom is -0.310 e. The van der Waals surface area contributed by atoms with Crippen molar-refractivity contribution in [2.45, 2.75) is 40.0 Å². The molecule has 1 aromatic heterocycles. The summed E-state index contributed by atoms with van der Waals surface area (Å²) >= 11 is 6.12. The summed E-state index contributed by atoms with van der Waals surface area (Å²) in [5.41, 5.74) is 4.68. The van der Waals surface area contributed by atoms with E-state index in [0.29, 0.717) is 28.5 Å². The number of hydrogen-bond acceptors (Lipinski definition) is 4. The number of pyridine rings is 1. The second kappa shape index (κ2) is 10.0. The molecule has 0 unspecified atom stereocenters. The molecule has 1 aliphatic heterocycles. The lowest BCUT2D eigenvalue weighted by Crippen LogP contribution is -2.31. The molecule has 0 saturated carbocycles. The predicted octanol–water partition coefficient (Wildman–Crippen LogP) is 4.59. The Hall–Kier alpha value is -2.71. The average Bonchev–Trinajstić information content (AvgIpc) is 3.16. The lowest BCUT2D eigenvalue weighted by molar-refractivity contribution is -0.117. The van der Waals surface area contributed by atoms with E-state index in [1.807, 2.05) is 32.9 Å². The lowest BCUT2D eigenvalue weighted by atomic mass is 9.99. The minimum absolute atomic E-state index is 0.103. The van der Waals surface area contributed by atoms with Crippen molar-refractivity contribution in [3.8, 4) is 6.07 Å². The molecule has 0 aliphatic carbocycles. The van der Waals surface area contributed by atoms with Gasteiger partial charge in [-0.2, -0.15) is 5.26 Å². The number of amides is 1. The third kappa shape index (κ3) is 4.40. The van der Waals surface area contributed by atoms with Gasteiger partial charge in [0.15, 0.2) is 0 Å². The first-order chi connectivity index (χ1) is 13.6. The average molecular weight is 397 g/mol. The molecule has 0 atom stereocenters. The Kier molecular flexibility index (Phi) is 7.71. The molecule has 3 rings (SSSR count). The summed E-state index contributed by atoms with van der Waals surface area (Å²) in [6.07, 6.45) is 3.25. The molecule has 1 amide bonds. The molecule has 0 saturated heterocycles. The number of aromatic nitrogens is 1. The standard InChI is InChI=1S/C20H19ClN4O.C2H6/c1-3-17(23-2)14-9-13-6-8-25(20(13)15(10-14)12-22)19(26)11-18-16(21)5-4-7-24-18;1-2/h4-5,7,9-10H,3,6,8,11H2,1-2H3;1-2H3. The first-order valence-electron chi connectivity index (χ1n) is 9.51. The van der Waals surface area contributed by atoms with E-state index in [0.717, 1.165) is 29.7 Å². The molecule has 1 aromatic carbocycles. The van der Waals surface area contributed by atoms with Gasteiger partial charge >= 0.3 is 0 Å². The highest BCUT2D eigenvalue weighted by atomic mass is 35.5. The number of anilines is 1. The van der Waals surface area contributed by atoms with Crippen molar-refractivity contribution in [1.82, 2.24) is 4.98 Å². The number of aliphatic imine (C=N–C) groups is 1. The van der Waals surface area contributed by atoms with Gasteiger partial charge in [-0.3, -0.25) is 14.8 Å². The van der Waals surface area contributed by atoms with Gasteiger partial charge in [-0.15, -0.1) is 0 Å². The van der Waals surface area contributed by atoms with Crippen molar-refractivity contribution in [2.75, 3.05) is 18.5 Å². The number of carbonyl (C=O) groups is 1. The Labute approximate surface area is 171 Å². The number of fused-ring (bicyclic) bond motifs is 1. The molecular formula is C22H25ClN4O. The Morgan fingerprint density at radius 3 is 2.75 bits per heavy atom. The van der Waals surface area contributed by atoms with Gasteiger partial charge in [-0.25, -0.2) is 0 Å². The summed E-state index contributed by atoms with van der Waals surface area (Å²) < 4.78 is 0. The number of benzene rings is 1. The number of hydrogen-bond donors (Lipinski definition) is 0. The van der Waals surface area contributed by atoms with E-state index in [-0.39, 0.29) is 12.3 Å². The highest BCUT2D eigenvalue weighted by Crippen LogP contribution is 2.34. The van der Waals surface area contributed by atoms with E-state index in [9.17, 15) is 10.1 Å². The summed E-state index contributed by atoms with van der Waals surface area (Å²) in [5, 5.41) is 10.1. The number of halogens is 1. The molecule has 5 nitrogen and oxygen atoms in total. The first-order valence-corrected chi connectivity index (χ1v) is 9.89. The van der Waals surface area contributed by atoms with Crippen molar-refractivity contribution in [2.24, 2.45) is 4.99 Å². The van der Waals surface area contributed by atoms with Crippen LogP contribution in [-0.2, 0) is 17.6 Å². The van der Waals surface area contributed by atoms with E-state index in [4.69, 9.17) is 11.6 Å². The van der Waals surface area contributed by atoms with Gasteiger partial charge in [-0.05, 0) is 48.2 Å². The fourth-order valence-electron chi connectivity index (χ4n) is 3.33. The minimum atomic E-state index is -0.103. The zero-order valence-electron chi connectivity index (χ0n) is 16.8. The SMILES string of the molecule is CC.CCC(=NC)c1cc(C#N)c2c(c1)CCN2C(=O)Cc1ncccc1Cl. The molecule has 28 heavy (non-hydrogen) atoms. The van der Waals surface area contributed by atoms with E-state index in [1.165, 1.54) is 0 Å². The zero-order valence-corrected chi connectivity index (χ0v) is 17.5. The second-order valence-electron chi connectivity index (χ2n) is 6.07. The van der Waals surface area contributed by atoms with Crippen LogP contribution in [-0.4, -0.2) is 30.2 Å². The highest BCUT2D eigenvalue weighted by Gasteiger charge is 2.29. The summed E-state index contributed by atoms with van der Waals surface area (Å²) in [4.78, 5) is 23.0. The van der Waals surface area contributed by atoms with Crippen molar-refractivity contribution in [3.05, 3.63) is 57.9 Å². The number of carbonyl (C=O) groups excluding carboxylic acids is 1. The van der Waals surface area contributed by atoms with Gasteiger partial charge in [0.2, 0.25) is 5.91 Å². The smallest absolute Gasteiger partial charge is 0.233 e. The molecule has 0 bridgehead atoms. The number of nitriles is 1. The molecule has 0 radical (unpaired) electrons. The van der Waals surface area contributed by atoms with Crippen LogP contribution in [0.4, 0.5) is 5.69 Å². The molecule has 0 spiro atoms. The van der Waals surface area contributed by atoms with Crippen molar-refractivity contribution in [1.29, 1.82) is 5.26 Å². The molecular weight excluding hydrogens is 372 g/mol. The van der Waals surface area contributed by atoms with E-state index >= 15 is 0 Å². The first kappa shape index (κ1) is 21.6. The van der Waals surface area contributed by atoms with Gasteiger partial charge in [0.1, 0.15) is 6.07 Å². The van der Waals surface area contributed by atoms with Gasteiger partial charge in [-0.1, -0.05) is 32.4 Å². The second-order valence-corrected chi connectivity index (χ2v) is 6.48. The van der Waals surface area contributed by atoms with Crippen molar-refractivity contribution in [3.63, 3.8) is 0 Å². The summed E-state index contributed by atoms with van der Waals surface area (Å²) in [7, 11) is 1.75. The van der Waals surface area contributed by atoms with E-state index in [1.54, 1.807) is 30.3 Å². The molecule has 2 heterocycles. The molecule has 1 aliphatic rings. The normalized spacial score (nSPS) is 12.7. The van der Waals surface area contributed by atoms with Gasteiger partial charge in [0, 0.05) is 25.5 Å². The quantitative estimate of drug-likeness (QED) is 0.709. The van der Waals surface area contributed by atoms with Crippen LogP contribution in [0.2, 0.25) is 5.02 Å². The highest BCUT2D eigenvalue weighted by molar-refractivity contribution is 6.31. The Morgan fingerprint density at radius 2 is 2.14 bits per heavy atom. The largest absolute Gasteiger partial charge is 0.310 e. The van der Waals surface area contributed by atoms with E-state index < -0.39 is 0 Å². The Balaban J connectivity index is 0.00000136. The summed E-state index contributed by atoms with van der Waals surface area (Å²) in [6.45, 7) is 6.59. The van der Waals surface area contributed by atoms with Crippen LogP contribution < -0.4 is 4.90 Å². The van der Waals surface area contributed by atoms with Gasteiger partial charge in [0.25, 0.3) is 0 Å². The monoisotopic (exact) mass is 396 g/mol. The van der Waals surface area contributed by atoms with Crippen molar-refractivity contribution >= 4 is 28.9 Å². The lowest BCUT2D eigenvalue weighted by Gasteiger charge is -2.19. The van der Waals surface area contributed by atoms with Crippen LogP contribution >= 0.6 is 11.6 Å². The van der Waals surface area contributed by atoms with Gasteiger partial charge < -0.3 is 4.90 Å². The van der Waals surface area contributed by atoms with Crippen molar-refractivity contribution < 1.29 is 4.79 Å². The number of nitrogens with zero attached hydrogens (tertiary/aromatic N) is 4. The maximum atomic E-state index is 12.8. The summed E-state index contributed by atoms with van der Waals surface area (Å²) in [6, 6.07) is 9.56. The molecule has 146 valence electrons. The number of rotatable bonds is 4. The zero-order chi connectivity index (χ0) is 20.7. The topological polar surface area (TPSA) is 69.3 Å². The van der Waals surface area contributed by atoms with Crippen LogP contribution in [0.25, 0.3) is 0 Å². The van der Waals surface area contributed by atoms with E-state index in [2.05, 4.69) is 16.0 Å². The maximum Gasteiger partial charge on any atom is 0.233 e. The third-order valence-electron chi connectivity index (χ3n) is 4.58. The Morgan fingerprint density at radius 1 is 1.39 bits per heavy atom. The third-order valence-corrected chi connectivity index (χ3v) is 4.92. The van der Waals surface area contributed by atoms with Crippen LogP contribution in [0.1, 0.15) is 49.6 Å². The van der Waals surface area contributed by atoms with Crippen LogP contribution in [0.15, 0.2) is 35.5 Å². The van der Waals surface area contributed by atoms with Crippen LogP contribution in [0, 0.1) is 11.3 Å².